The molecular formula is C19H15N5O. The number of carbonyl (C=O) groups is 1. The van der Waals surface area contributed by atoms with E-state index in [0.717, 1.165) is 17.0 Å². The summed E-state index contributed by atoms with van der Waals surface area (Å²) in [6, 6.07) is 16.9. The van der Waals surface area contributed by atoms with Crippen molar-refractivity contribution in [2.75, 3.05) is 5.32 Å². The zero-order valence-electron chi connectivity index (χ0n) is 13.5. The zero-order chi connectivity index (χ0) is 17.2. The van der Waals surface area contributed by atoms with Gasteiger partial charge in [-0.1, -0.05) is 36.4 Å². The molecule has 0 aliphatic heterocycles. The van der Waals surface area contributed by atoms with Gasteiger partial charge >= 0.3 is 0 Å². The summed E-state index contributed by atoms with van der Waals surface area (Å²) in [5.41, 5.74) is 2.99. The number of imidazole rings is 1. The maximum atomic E-state index is 12.3. The van der Waals surface area contributed by atoms with Gasteiger partial charge in [-0.25, -0.2) is 9.97 Å². The number of aryl methyl sites for hydroxylation is 1. The molecule has 1 amide bonds. The summed E-state index contributed by atoms with van der Waals surface area (Å²) in [5.74, 6) is 0.662. The minimum absolute atomic E-state index is 0.296. The van der Waals surface area contributed by atoms with Crippen LogP contribution in [0.3, 0.4) is 0 Å². The van der Waals surface area contributed by atoms with Gasteiger partial charge in [-0.3, -0.25) is 9.20 Å². The van der Waals surface area contributed by atoms with Crippen molar-refractivity contribution in [1.29, 1.82) is 0 Å². The highest BCUT2D eigenvalue weighted by Crippen LogP contribution is 2.18. The highest BCUT2D eigenvalue weighted by Gasteiger charge is 2.10. The fourth-order valence-corrected chi connectivity index (χ4v) is 2.54. The van der Waals surface area contributed by atoms with Gasteiger partial charge in [-0.2, -0.15) is 4.98 Å². The number of nitrogens with one attached hydrogen (secondary N) is 1. The highest BCUT2D eigenvalue weighted by molar-refractivity contribution is 6.02. The van der Waals surface area contributed by atoms with Crippen molar-refractivity contribution in [2.24, 2.45) is 0 Å². The third kappa shape index (κ3) is 3.10. The van der Waals surface area contributed by atoms with E-state index in [2.05, 4.69) is 20.3 Å². The molecule has 0 bridgehead atoms. The predicted octanol–water partition coefficient (Wildman–Crippen LogP) is 3.35. The quantitative estimate of drug-likeness (QED) is 0.625. The van der Waals surface area contributed by atoms with Crippen LogP contribution in [0.15, 0.2) is 67.0 Å². The molecule has 0 fully saturated rings. The summed E-state index contributed by atoms with van der Waals surface area (Å²) in [4.78, 5) is 25.4. The van der Waals surface area contributed by atoms with Gasteiger partial charge in [0.15, 0.2) is 0 Å². The first-order valence-corrected chi connectivity index (χ1v) is 7.85. The van der Waals surface area contributed by atoms with E-state index >= 15 is 0 Å². The Hall–Kier alpha value is -3.54. The molecule has 1 N–H and O–H groups in total. The summed E-state index contributed by atoms with van der Waals surface area (Å²) >= 11 is 0. The zero-order valence-corrected chi connectivity index (χ0v) is 13.5. The molecule has 25 heavy (non-hydrogen) atoms. The predicted molar refractivity (Wildman–Crippen MR) is 95.4 cm³/mol. The first-order chi connectivity index (χ1) is 12.2. The first-order valence-electron chi connectivity index (χ1n) is 7.85. The highest BCUT2D eigenvalue weighted by atomic mass is 16.1. The number of carbonyl (C=O) groups excluding carboxylic acids is 1. The van der Waals surface area contributed by atoms with Crippen molar-refractivity contribution in [3.8, 4) is 11.3 Å². The standard InChI is InChI=1S/C19H15N5O/c1-13-6-5-9-15(20-13)18(25)22-17-10-11-24-12-16(21-19(24)23-17)14-7-3-2-4-8-14/h2-12H,1H3,(H,21,22,23,25). The topological polar surface area (TPSA) is 72.2 Å². The SMILES string of the molecule is Cc1cccc(C(=O)Nc2ccn3cc(-c4ccccc4)nc3n2)n1. The molecule has 0 aliphatic rings. The Bertz CT molecular complexity index is 1060. The van der Waals surface area contributed by atoms with Gasteiger partial charge in [0.2, 0.25) is 5.78 Å². The van der Waals surface area contributed by atoms with E-state index < -0.39 is 0 Å². The number of benzene rings is 1. The van der Waals surface area contributed by atoms with E-state index in [1.807, 2.05) is 60.1 Å². The van der Waals surface area contributed by atoms with E-state index in [9.17, 15) is 4.79 Å². The monoisotopic (exact) mass is 329 g/mol. The number of pyridine rings is 1. The average molecular weight is 329 g/mol. The average Bonchev–Trinajstić information content (AvgIpc) is 3.06. The normalized spacial score (nSPS) is 10.8. The maximum absolute atomic E-state index is 12.3. The molecule has 0 saturated heterocycles. The molecule has 6 nitrogen and oxygen atoms in total. The molecule has 4 rings (SSSR count). The van der Waals surface area contributed by atoms with E-state index in [-0.39, 0.29) is 5.91 Å². The lowest BCUT2D eigenvalue weighted by molar-refractivity contribution is 0.102. The Kier molecular flexibility index (Phi) is 3.70. The van der Waals surface area contributed by atoms with Crippen molar-refractivity contribution in [3.63, 3.8) is 0 Å². The fourth-order valence-electron chi connectivity index (χ4n) is 2.54. The van der Waals surface area contributed by atoms with E-state index in [4.69, 9.17) is 0 Å². The molecular weight excluding hydrogens is 314 g/mol. The molecule has 0 saturated carbocycles. The Balaban J connectivity index is 1.62. The van der Waals surface area contributed by atoms with Crippen molar-refractivity contribution < 1.29 is 4.79 Å². The van der Waals surface area contributed by atoms with Gasteiger partial charge in [-0.15, -0.1) is 0 Å². The molecule has 3 heterocycles. The number of anilines is 1. The molecule has 0 unspecified atom stereocenters. The molecule has 3 aromatic heterocycles. The summed E-state index contributed by atoms with van der Waals surface area (Å²) in [6.45, 7) is 1.84. The van der Waals surface area contributed by atoms with E-state index in [1.54, 1.807) is 18.2 Å². The summed E-state index contributed by atoms with van der Waals surface area (Å²) in [7, 11) is 0. The third-order valence-electron chi connectivity index (χ3n) is 3.76. The second-order valence-corrected chi connectivity index (χ2v) is 5.63. The van der Waals surface area contributed by atoms with Crippen LogP contribution in [-0.2, 0) is 0 Å². The molecule has 0 spiro atoms. The van der Waals surface area contributed by atoms with Gasteiger partial charge in [-0.05, 0) is 25.1 Å². The summed E-state index contributed by atoms with van der Waals surface area (Å²) < 4.78 is 1.82. The summed E-state index contributed by atoms with van der Waals surface area (Å²) in [6.07, 6.45) is 3.73. The van der Waals surface area contributed by atoms with Crippen molar-refractivity contribution >= 4 is 17.5 Å². The number of amides is 1. The smallest absolute Gasteiger partial charge is 0.275 e. The van der Waals surface area contributed by atoms with Crippen molar-refractivity contribution in [3.05, 3.63) is 78.4 Å². The van der Waals surface area contributed by atoms with Crippen molar-refractivity contribution in [2.45, 2.75) is 6.92 Å². The molecule has 0 radical (unpaired) electrons. The van der Waals surface area contributed by atoms with Crippen LogP contribution in [0.5, 0.6) is 0 Å². The molecule has 122 valence electrons. The minimum atomic E-state index is -0.296. The second kappa shape index (κ2) is 6.16. The van der Waals surface area contributed by atoms with Crippen LogP contribution in [0.1, 0.15) is 16.2 Å². The van der Waals surface area contributed by atoms with Gasteiger partial charge < -0.3 is 5.32 Å². The van der Waals surface area contributed by atoms with Crippen LogP contribution in [0, 0.1) is 6.92 Å². The first kappa shape index (κ1) is 15.0. The lowest BCUT2D eigenvalue weighted by Gasteiger charge is -2.04. The van der Waals surface area contributed by atoms with Gasteiger partial charge in [0.05, 0.1) is 5.69 Å². The van der Waals surface area contributed by atoms with Gasteiger partial charge in [0.25, 0.3) is 5.91 Å². The third-order valence-corrected chi connectivity index (χ3v) is 3.76. The maximum Gasteiger partial charge on any atom is 0.275 e. The number of nitrogens with zero attached hydrogens (tertiary/aromatic N) is 4. The van der Waals surface area contributed by atoms with Crippen LogP contribution in [0.25, 0.3) is 17.0 Å². The fraction of sp³-hybridized carbons (Fsp3) is 0.0526. The number of hydrogen-bond donors (Lipinski definition) is 1. The Morgan fingerprint density at radius 3 is 2.60 bits per heavy atom. The minimum Gasteiger partial charge on any atom is -0.305 e. The lowest BCUT2D eigenvalue weighted by atomic mass is 10.2. The molecule has 0 aliphatic carbocycles. The second-order valence-electron chi connectivity index (χ2n) is 5.63. The van der Waals surface area contributed by atoms with Crippen LogP contribution < -0.4 is 5.32 Å². The molecule has 1 aromatic carbocycles. The molecule has 0 atom stereocenters. The Morgan fingerprint density at radius 1 is 0.960 bits per heavy atom. The van der Waals surface area contributed by atoms with Crippen LogP contribution in [0.4, 0.5) is 5.82 Å². The number of hydrogen-bond acceptors (Lipinski definition) is 4. The van der Waals surface area contributed by atoms with Gasteiger partial charge in [0, 0.05) is 23.7 Å². The van der Waals surface area contributed by atoms with Crippen LogP contribution in [-0.4, -0.2) is 25.3 Å². The number of rotatable bonds is 3. The summed E-state index contributed by atoms with van der Waals surface area (Å²) in [5, 5.41) is 2.76. The van der Waals surface area contributed by atoms with Crippen LogP contribution >= 0.6 is 0 Å². The van der Waals surface area contributed by atoms with Crippen molar-refractivity contribution in [1.82, 2.24) is 19.4 Å². The Labute approximate surface area is 144 Å². The number of aromatic nitrogens is 4. The number of fused-ring (bicyclic) bond motifs is 1. The van der Waals surface area contributed by atoms with E-state index in [1.165, 1.54) is 0 Å². The van der Waals surface area contributed by atoms with Gasteiger partial charge in [0.1, 0.15) is 11.5 Å². The molecule has 4 aromatic rings. The Morgan fingerprint density at radius 2 is 1.80 bits per heavy atom. The lowest BCUT2D eigenvalue weighted by Crippen LogP contribution is -2.15. The van der Waals surface area contributed by atoms with Crippen LogP contribution in [0.2, 0.25) is 0 Å². The molecule has 6 heteroatoms. The largest absolute Gasteiger partial charge is 0.305 e. The van der Waals surface area contributed by atoms with E-state index in [0.29, 0.717) is 17.3 Å².